The van der Waals surface area contributed by atoms with Gasteiger partial charge in [0.15, 0.2) is 0 Å². The van der Waals surface area contributed by atoms with Gasteiger partial charge in [0, 0.05) is 36.3 Å². The number of aliphatic hydroxyl groups excluding tert-OH is 4. The van der Waals surface area contributed by atoms with Gasteiger partial charge >= 0.3 is 0 Å². The van der Waals surface area contributed by atoms with Gasteiger partial charge in [0.05, 0.1) is 36.5 Å². The Bertz CT molecular complexity index is 1010. The predicted octanol–water partition coefficient (Wildman–Crippen LogP) is -2.01. The number of hydrogen-bond donors (Lipinski definition) is 10. The molecule has 0 saturated carbocycles. The molecule has 0 radical (unpaired) electrons. The van der Waals surface area contributed by atoms with Crippen LogP contribution >= 0.6 is 0 Å². The van der Waals surface area contributed by atoms with Crippen molar-refractivity contribution in [3.05, 3.63) is 59.7 Å². The second-order valence-corrected chi connectivity index (χ2v) is 9.90. The zero-order chi connectivity index (χ0) is 27.4. The average molecular weight is 529 g/mol. The summed E-state index contributed by atoms with van der Waals surface area (Å²) in [6, 6.07) is 12.3. The maximum absolute atomic E-state index is 12.6. The lowest BCUT2D eigenvalue weighted by atomic mass is 9.98. The molecule has 2 saturated heterocycles. The van der Waals surface area contributed by atoms with Gasteiger partial charge in [-0.15, -0.1) is 0 Å². The van der Waals surface area contributed by atoms with Gasteiger partial charge in [0.25, 0.3) is 11.8 Å². The van der Waals surface area contributed by atoms with Crippen molar-refractivity contribution in [2.75, 3.05) is 13.1 Å². The van der Waals surface area contributed by atoms with Crippen molar-refractivity contribution in [2.45, 2.75) is 62.4 Å². The van der Waals surface area contributed by atoms with Crippen molar-refractivity contribution in [2.24, 2.45) is 0 Å². The molecule has 0 unspecified atom stereocenters. The molecule has 12 heteroatoms. The second-order valence-electron chi connectivity index (χ2n) is 9.90. The minimum atomic E-state index is -1.01. The van der Waals surface area contributed by atoms with Gasteiger partial charge in [-0.2, -0.15) is 0 Å². The van der Waals surface area contributed by atoms with E-state index < -0.39 is 36.5 Å². The Morgan fingerprint density at radius 1 is 0.605 bits per heavy atom. The largest absolute Gasteiger partial charge is 0.389 e. The highest BCUT2D eigenvalue weighted by Gasteiger charge is 2.35. The number of carbonyl (C=O) groups excluding carboxylic acids is 2. The van der Waals surface area contributed by atoms with Crippen LogP contribution in [-0.2, 0) is 0 Å². The van der Waals surface area contributed by atoms with E-state index in [-0.39, 0.29) is 37.0 Å². The summed E-state index contributed by atoms with van der Waals surface area (Å²) in [5.74, 6) is -0.610. The molecule has 0 aromatic heterocycles. The lowest BCUT2D eigenvalue weighted by molar-refractivity contribution is -0.0523. The van der Waals surface area contributed by atoms with E-state index in [4.69, 9.17) is 0 Å². The molecule has 0 bridgehead atoms. The molecule has 2 amide bonds. The van der Waals surface area contributed by atoms with E-state index in [0.717, 1.165) is 11.1 Å². The van der Waals surface area contributed by atoms with Crippen molar-refractivity contribution in [3.8, 4) is 11.1 Å². The molecule has 2 aliphatic rings. The lowest BCUT2D eigenvalue weighted by Gasteiger charge is -2.37. The van der Waals surface area contributed by atoms with Gasteiger partial charge in [0.1, 0.15) is 0 Å². The highest BCUT2D eigenvalue weighted by Crippen LogP contribution is 2.21. The Hall–Kier alpha value is -2.94. The monoisotopic (exact) mass is 528 g/mol. The van der Waals surface area contributed by atoms with Crippen LogP contribution < -0.4 is 32.3 Å². The third-order valence-corrected chi connectivity index (χ3v) is 7.13. The Morgan fingerprint density at radius 3 is 1.29 bits per heavy atom. The smallest absolute Gasteiger partial charge is 0.251 e. The summed E-state index contributed by atoms with van der Waals surface area (Å²) >= 11 is 0. The van der Waals surface area contributed by atoms with Crippen LogP contribution in [0.15, 0.2) is 48.5 Å². The van der Waals surface area contributed by atoms with Gasteiger partial charge < -0.3 is 31.1 Å². The van der Waals surface area contributed by atoms with Crippen LogP contribution in [0.5, 0.6) is 0 Å². The molecule has 2 aromatic carbocycles. The molecule has 2 aromatic rings. The first-order chi connectivity index (χ1) is 18.2. The van der Waals surface area contributed by atoms with Crippen LogP contribution in [0, 0.1) is 0 Å². The Morgan fingerprint density at radius 2 is 0.947 bits per heavy atom. The molecule has 10 N–H and O–H groups in total. The molecule has 4 rings (SSSR count). The Balaban J connectivity index is 1.28. The fraction of sp³-hybridized carbons (Fsp3) is 0.462. The maximum Gasteiger partial charge on any atom is 0.251 e. The van der Waals surface area contributed by atoms with Crippen molar-refractivity contribution >= 4 is 11.8 Å². The summed E-state index contributed by atoms with van der Waals surface area (Å²) in [6.07, 6.45) is -3.90. The summed E-state index contributed by atoms with van der Waals surface area (Å²) in [5.41, 5.74) is 14.2. The number of benzene rings is 2. The molecule has 12 nitrogen and oxygen atoms in total. The molecule has 2 heterocycles. The molecular formula is C26H36N6O6. The molecule has 38 heavy (non-hydrogen) atoms. The second kappa shape index (κ2) is 12.3. The minimum absolute atomic E-state index is 0.133. The SMILES string of the molecule is C[C@@H]1NN[C@@H](CNC(=O)c2ccc(-c3ccc(C(=O)NC[C@@H]4NN[C@@H](C)[C@@H](O)[C@H]4O)cc3)cc2)[C@H](O)[C@@H]1O. The number of hydrazine groups is 2. The normalized spacial score (nSPS) is 31.4. The van der Waals surface area contributed by atoms with Gasteiger partial charge in [-0.3, -0.25) is 20.4 Å². The molecule has 206 valence electrons. The number of nitrogens with one attached hydrogen (secondary N) is 6. The molecule has 8 atom stereocenters. The van der Waals surface area contributed by atoms with Crippen LogP contribution in [0.4, 0.5) is 0 Å². The van der Waals surface area contributed by atoms with Crippen LogP contribution in [0.2, 0.25) is 0 Å². The minimum Gasteiger partial charge on any atom is -0.389 e. The topological polar surface area (TPSA) is 187 Å². The Labute approximate surface area is 220 Å². The lowest BCUT2D eigenvalue weighted by Crippen LogP contribution is -2.67. The van der Waals surface area contributed by atoms with Gasteiger partial charge in [-0.1, -0.05) is 24.3 Å². The maximum atomic E-state index is 12.6. The first-order valence-electron chi connectivity index (χ1n) is 12.7. The van der Waals surface area contributed by atoms with Crippen LogP contribution in [-0.4, -0.2) is 93.9 Å². The van der Waals surface area contributed by atoms with Crippen molar-refractivity contribution in [1.82, 2.24) is 32.3 Å². The molecule has 2 aliphatic heterocycles. The Kier molecular flexibility index (Phi) is 9.07. The zero-order valence-electron chi connectivity index (χ0n) is 21.3. The van der Waals surface area contributed by atoms with E-state index in [1.165, 1.54) is 0 Å². The summed E-state index contributed by atoms with van der Waals surface area (Å²) < 4.78 is 0. The van der Waals surface area contributed by atoms with Crippen molar-refractivity contribution in [3.63, 3.8) is 0 Å². The fourth-order valence-corrected chi connectivity index (χ4v) is 4.47. The average Bonchev–Trinajstić information content (AvgIpc) is 2.94. The quantitative estimate of drug-likeness (QED) is 0.192. The molecule has 0 aliphatic carbocycles. The third-order valence-electron chi connectivity index (χ3n) is 7.13. The number of hydrogen-bond acceptors (Lipinski definition) is 10. The van der Waals surface area contributed by atoms with E-state index in [9.17, 15) is 30.0 Å². The first-order valence-corrected chi connectivity index (χ1v) is 12.7. The number of rotatable bonds is 7. The van der Waals surface area contributed by atoms with Crippen LogP contribution in [0.3, 0.4) is 0 Å². The third kappa shape index (κ3) is 6.37. The molecular weight excluding hydrogens is 492 g/mol. The van der Waals surface area contributed by atoms with E-state index in [2.05, 4.69) is 32.3 Å². The summed E-state index contributed by atoms with van der Waals surface area (Å²) in [7, 11) is 0. The molecule has 2 fully saturated rings. The predicted molar refractivity (Wildman–Crippen MR) is 140 cm³/mol. The number of aliphatic hydroxyl groups is 4. The van der Waals surface area contributed by atoms with Crippen LogP contribution in [0.25, 0.3) is 11.1 Å². The fourth-order valence-electron chi connectivity index (χ4n) is 4.47. The zero-order valence-corrected chi connectivity index (χ0v) is 21.3. The van der Waals surface area contributed by atoms with Crippen molar-refractivity contribution < 1.29 is 30.0 Å². The highest BCUT2D eigenvalue weighted by molar-refractivity contribution is 5.95. The van der Waals surface area contributed by atoms with Crippen molar-refractivity contribution in [1.29, 1.82) is 0 Å². The summed E-state index contributed by atoms with van der Waals surface area (Å²) in [4.78, 5) is 25.1. The molecule has 0 spiro atoms. The highest BCUT2D eigenvalue weighted by atomic mass is 16.3. The standard InChI is InChI=1S/C26H36N6O6/c1-13-21(33)23(35)19(31-29-13)11-27-25(37)17-7-3-15(4-8-17)16-5-9-18(10-6-16)26(38)28-12-20-24(36)22(34)14(2)30-32-20/h3-10,13-14,19-24,29-36H,11-12H2,1-2H3,(H,27,37)(H,28,38)/t13-,14-,19-,20-,21+,22+,23-,24-/m0/s1. The van der Waals surface area contributed by atoms with E-state index in [1.807, 2.05) is 0 Å². The van der Waals surface area contributed by atoms with Gasteiger partial charge in [-0.25, -0.2) is 10.9 Å². The van der Waals surface area contributed by atoms with E-state index >= 15 is 0 Å². The number of amides is 2. The van der Waals surface area contributed by atoms with E-state index in [0.29, 0.717) is 11.1 Å². The number of carbonyl (C=O) groups is 2. The van der Waals surface area contributed by atoms with Gasteiger partial charge in [0.2, 0.25) is 0 Å². The summed E-state index contributed by atoms with van der Waals surface area (Å²) in [5, 5.41) is 45.8. The first kappa shape index (κ1) is 28.1. The van der Waals surface area contributed by atoms with Crippen LogP contribution in [0.1, 0.15) is 34.6 Å². The van der Waals surface area contributed by atoms with Gasteiger partial charge in [-0.05, 0) is 49.2 Å². The van der Waals surface area contributed by atoms with E-state index in [1.54, 1.807) is 62.4 Å². The summed E-state index contributed by atoms with van der Waals surface area (Å²) in [6.45, 7) is 3.75.